The van der Waals surface area contributed by atoms with E-state index in [-0.39, 0.29) is 0 Å². The largest absolute Gasteiger partial charge is 0.380 e. The van der Waals surface area contributed by atoms with Gasteiger partial charge in [0.1, 0.15) is 0 Å². The van der Waals surface area contributed by atoms with Crippen LogP contribution < -0.4 is 0 Å². The van der Waals surface area contributed by atoms with Crippen molar-refractivity contribution in [3.8, 4) is 11.8 Å². The maximum atomic E-state index is 5.13. The molecular formula is C23H26O. The van der Waals surface area contributed by atoms with Crippen molar-refractivity contribution in [1.82, 2.24) is 0 Å². The van der Waals surface area contributed by atoms with E-state index in [1.54, 1.807) is 7.11 Å². The molecule has 0 atom stereocenters. The van der Waals surface area contributed by atoms with Gasteiger partial charge in [-0.05, 0) is 60.1 Å². The average Bonchev–Trinajstić information content (AvgIpc) is 2.63. The van der Waals surface area contributed by atoms with Crippen molar-refractivity contribution >= 4 is 0 Å². The molecular weight excluding hydrogens is 292 g/mol. The van der Waals surface area contributed by atoms with Crippen LogP contribution in [0.3, 0.4) is 0 Å². The third-order valence-electron chi connectivity index (χ3n) is 5.01. The van der Waals surface area contributed by atoms with Gasteiger partial charge in [0, 0.05) is 18.2 Å². The smallest absolute Gasteiger partial charge is 0.0713 e. The maximum Gasteiger partial charge on any atom is 0.0713 e. The lowest BCUT2D eigenvalue weighted by atomic mass is 9.79. The minimum absolute atomic E-state index is 0.648. The molecule has 0 aliphatic heterocycles. The Hall–Kier alpha value is -2.04. The van der Waals surface area contributed by atoms with Crippen molar-refractivity contribution in [2.45, 2.75) is 45.1 Å². The topological polar surface area (TPSA) is 9.23 Å². The minimum Gasteiger partial charge on any atom is -0.380 e. The second-order valence-corrected chi connectivity index (χ2v) is 6.96. The second kappa shape index (κ2) is 8.18. The van der Waals surface area contributed by atoms with Crippen LogP contribution in [-0.2, 0) is 11.3 Å². The Labute approximate surface area is 146 Å². The zero-order chi connectivity index (χ0) is 16.8. The first-order valence-electron chi connectivity index (χ1n) is 8.94. The van der Waals surface area contributed by atoms with Crippen molar-refractivity contribution in [3.05, 3.63) is 70.8 Å². The molecule has 0 heterocycles. The lowest BCUT2D eigenvalue weighted by molar-refractivity contribution is 0.185. The number of rotatable bonds is 3. The van der Waals surface area contributed by atoms with Crippen LogP contribution in [0.5, 0.6) is 0 Å². The Morgan fingerprint density at radius 3 is 1.92 bits per heavy atom. The van der Waals surface area contributed by atoms with Gasteiger partial charge in [-0.3, -0.25) is 0 Å². The summed E-state index contributed by atoms with van der Waals surface area (Å²) in [5.41, 5.74) is 4.79. The predicted octanol–water partition coefficient (Wildman–Crippen LogP) is 5.53. The second-order valence-electron chi connectivity index (χ2n) is 6.96. The Bertz CT molecular complexity index is 692. The summed E-state index contributed by atoms with van der Waals surface area (Å²) in [6.45, 7) is 3.02. The van der Waals surface area contributed by atoms with E-state index in [9.17, 15) is 0 Å². The highest BCUT2D eigenvalue weighted by Gasteiger charge is 2.19. The molecule has 1 nitrogen and oxygen atoms in total. The molecule has 2 aromatic carbocycles. The molecule has 0 aromatic heterocycles. The molecule has 0 saturated heterocycles. The molecule has 0 radical (unpaired) electrons. The highest BCUT2D eigenvalue weighted by molar-refractivity contribution is 5.44. The van der Waals surface area contributed by atoms with E-state index in [1.807, 2.05) is 0 Å². The maximum absolute atomic E-state index is 5.13. The van der Waals surface area contributed by atoms with Crippen LogP contribution in [0.2, 0.25) is 0 Å². The zero-order valence-electron chi connectivity index (χ0n) is 14.7. The highest BCUT2D eigenvalue weighted by Crippen LogP contribution is 2.35. The molecule has 1 fully saturated rings. The summed E-state index contributed by atoms with van der Waals surface area (Å²) in [4.78, 5) is 0. The van der Waals surface area contributed by atoms with Gasteiger partial charge in [-0.15, -0.1) is 0 Å². The number of hydrogen-bond donors (Lipinski definition) is 0. The molecule has 0 bridgehead atoms. The first-order chi connectivity index (χ1) is 11.7. The van der Waals surface area contributed by atoms with Gasteiger partial charge in [-0.25, -0.2) is 0 Å². The normalized spacial score (nSPS) is 20.2. The summed E-state index contributed by atoms with van der Waals surface area (Å²) in [5.74, 6) is 8.16. The number of methoxy groups -OCH3 is 1. The summed E-state index contributed by atoms with van der Waals surface area (Å²) >= 11 is 0. The summed E-state index contributed by atoms with van der Waals surface area (Å²) in [6.07, 6.45) is 5.40. The monoisotopic (exact) mass is 318 g/mol. The van der Waals surface area contributed by atoms with E-state index in [2.05, 4.69) is 67.3 Å². The van der Waals surface area contributed by atoms with Gasteiger partial charge in [0.25, 0.3) is 0 Å². The van der Waals surface area contributed by atoms with Crippen molar-refractivity contribution in [2.24, 2.45) is 5.92 Å². The first kappa shape index (κ1) is 16.8. The van der Waals surface area contributed by atoms with E-state index in [0.717, 1.165) is 23.0 Å². The van der Waals surface area contributed by atoms with Gasteiger partial charge in [0.2, 0.25) is 0 Å². The van der Waals surface area contributed by atoms with Gasteiger partial charge >= 0.3 is 0 Å². The van der Waals surface area contributed by atoms with Crippen LogP contribution in [0, 0.1) is 17.8 Å². The average molecular weight is 318 g/mol. The molecule has 0 spiro atoms. The lowest BCUT2D eigenvalue weighted by Gasteiger charge is -2.26. The van der Waals surface area contributed by atoms with E-state index in [1.165, 1.54) is 36.8 Å². The van der Waals surface area contributed by atoms with Crippen LogP contribution in [0.25, 0.3) is 0 Å². The molecule has 1 aliphatic carbocycles. The number of ether oxygens (including phenoxy) is 1. The molecule has 2 aromatic rings. The Morgan fingerprint density at radius 1 is 0.833 bits per heavy atom. The molecule has 3 rings (SSSR count). The molecule has 1 heteroatoms. The zero-order valence-corrected chi connectivity index (χ0v) is 14.7. The molecule has 1 aliphatic rings. The predicted molar refractivity (Wildman–Crippen MR) is 100.0 cm³/mol. The van der Waals surface area contributed by atoms with Gasteiger partial charge < -0.3 is 4.74 Å². The Kier molecular flexibility index (Phi) is 5.72. The molecule has 1 saturated carbocycles. The van der Waals surface area contributed by atoms with E-state index in [0.29, 0.717) is 6.61 Å². The third kappa shape index (κ3) is 4.49. The van der Waals surface area contributed by atoms with Crippen molar-refractivity contribution in [1.29, 1.82) is 0 Å². The van der Waals surface area contributed by atoms with Crippen LogP contribution in [0.4, 0.5) is 0 Å². The van der Waals surface area contributed by atoms with Crippen LogP contribution >= 0.6 is 0 Å². The van der Waals surface area contributed by atoms with Gasteiger partial charge in [-0.2, -0.15) is 0 Å². The molecule has 0 amide bonds. The number of hydrogen-bond acceptors (Lipinski definition) is 1. The van der Waals surface area contributed by atoms with Crippen molar-refractivity contribution in [3.63, 3.8) is 0 Å². The molecule has 0 unspecified atom stereocenters. The van der Waals surface area contributed by atoms with Crippen LogP contribution in [0.1, 0.15) is 60.8 Å². The Morgan fingerprint density at radius 2 is 1.38 bits per heavy atom. The van der Waals surface area contributed by atoms with Crippen LogP contribution in [-0.4, -0.2) is 7.11 Å². The number of benzene rings is 2. The Balaban J connectivity index is 1.64. The molecule has 0 N–H and O–H groups in total. The third-order valence-corrected chi connectivity index (χ3v) is 5.01. The molecule has 124 valence electrons. The standard InChI is InChI=1S/C23H26O/c1-18-3-13-22(14-4-18)23-15-11-20(12-16-23)6-5-19-7-9-21(10-8-19)17-24-2/h7-12,15-16,18,22H,3-4,13-14,17H2,1-2H3. The fourth-order valence-electron chi connectivity index (χ4n) is 3.43. The summed E-state index contributed by atoms with van der Waals surface area (Å²) < 4.78 is 5.13. The first-order valence-corrected chi connectivity index (χ1v) is 8.94. The van der Waals surface area contributed by atoms with Crippen molar-refractivity contribution in [2.75, 3.05) is 7.11 Å². The quantitative estimate of drug-likeness (QED) is 0.676. The fraction of sp³-hybridized carbons (Fsp3) is 0.391. The fourth-order valence-corrected chi connectivity index (χ4v) is 3.43. The lowest BCUT2D eigenvalue weighted by Crippen LogP contribution is -2.10. The molecule has 24 heavy (non-hydrogen) atoms. The van der Waals surface area contributed by atoms with E-state index >= 15 is 0 Å². The van der Waals surface area contributed by atoms with Crippen molar-refractivity contribution < 1.29 is 4.74 Å². The van der Waals surface area contributed by atoms with E-state index < -0.39 is 0 Å². The SMILES string of the molecule is COCc1ccc(C#Cc2ccc(C3CCC(C)CC3)cc2)cc1. The van der Waals surface area contributed by atoms with E-state index in [4.69, 9.17) is 4.74 Å². The van der Waals surface area contributed by atoms with Crippen LogP contribution in [0.15, 0.2) is 48.5 Å². The summed E-state index contributed by atoms with van der Waals surface area (Å²) in [5, 5.41) is 0. The van der Waals surface area contributed by atoms with Gasteiger partial charge in [0.15, 0.2) is 0 Å². The van der Waals surface area contributed by atoms with Gasteiger partial charge in [0.05, 0.1) is 6.61 Å². The van der Waals surface area contributed by atoms with Gasteiger partial charge in [-0.1, -0.05) is 55.9 Å². The highest BCUT2D eigenvalue weighted by atomic mass is 16.5. The summed E-state index contributed by atoms with van der Waals surface area (Å²) in [6, 6.07) is 17.1. The summed E-state index contributed by atoms with van der Waals surface area (Å²) in [7, 11) is 1.71. The minimum atomic E-state index is 0.648.